The predicted octanol–water partition coefficient (Wildman–Crippen LogP) is 2.50. The third-order valence-corrected chi connectivity index (χ3v) is 7.95. The molecule has 4 amide bonds. The molecule has 3 heterocycles. The van der Waals surface area contributed by atoms with Crippen LogP contribution in [0, 0.1) is 0 Å². The van der Waals surface area contributed by atoms with Crippen LogP contribution in [-0.4, -0.2) is 90.2 Å². The Morgan fingerprint density at radius 1 is 0.951 bits per heavy atom. The fourth-order valence-electron chi connectivity index (χ4n) is 5.63. The quantitative estimate of drug-likeness (QED) is 0.616. The molecule has 3 aliphatic heterocycles. The first-order valence-electron chi connectivity index (χ1n) is 14.4. The summed E-state index contributed by atoms with van der Waals surface area (Å²) in [6, 6.07) is 14.9. The van der Waals surface area contributed by atoms with Crippen molar-refractivity contribution in [2.45, 2.75) is 57.3 Å². The molecule has 5 rings (SSSR count). The normalized spacial score (nSPS) is 22.4. The van der Waals surface area contributed by atoms with E-state index >= 15 is 0 Å². The number of carbonyl (C=O) groups excluding carboxylic acids is 4. The van der Waals surface area contributed by atoms with Crippen LogP contribution in [0.15, 0.2) is 48.5 Å². The smallest absolute Gasteiger partial charge is 0.239 e. The number of fused-ring (bicyclic) bond motifs is 5. The summed E-state index contributed by atoms with van der Waals surface area (Å²) < 4.78 is 12.4. The lowest BCUT2D eigenvalue weighted by Crippen LogP contribution is -2.58. The highest BCUT2D eigenvalue weighted by Gasteiger charge is 2.34. The lowest BCUT2D eigenvalue weighted by atomic mass is 10.0. The molecule has 0 aromatic heterocycles. The fraction of sp³-hybridized carbons (Fsp3) is 0.484. The third-order valence-electron chi connectivity index (χ3n) is 7.95. The van der Waals surface area contributed by atoms with Gasteiger partial charge in [-0.05, 0) is 54.7 Å². The molecule has 0 spiro atoms. The molecule has 2 fully saturated rings. The van der Waals surface area contributed by atoms with E-state index in [-0.39, 0.29) is 49.1 Å². The van der Waals surface area contributed by atoms with Gasteiger partial charge in [0.1, 0.15) is 11.5 Å². The first-order chi connectivity index (χ1) is 19.8. The SMILES string of the molecule is CN1CC(=O)N[C@H]2CN(C(=O)CCN3CCCC3=O)CC[C@H]2OCc2cccc(c2)Oc2cccc(c2)CCC1=O. The van der Waals surface area contributed by atoms with Crippen LogP contribution in [0.3, 0.4) is 0 Å². The summed E-state index contributed by atoms with van der Waals surface area (Å²) in [5.74, 6) is 0.995. The predicted molar refractivity (Wildman–Crippen MR) is 151 cm³/mol. The van der Waals surface area contributed by atoms with E-state index in [0.717, 1.165) is 17.5 Å². The van der Waals surface area contributed by atoms with Gasteiger partial charge in [0.05, 0.1) is 25.3 Å². The van der Waals surface area contributed by atoms with Gasteiger partial charge in [0.2, 0.25) is 23.6 Å². The Morgan fingerprint density at radius 3 is 2.46 bits per heavy atom. The second-order valence-corrected chi connectivity index (χ2v) is 11.0. The Bertz CT molecular complexity index is 1280. The van der Waals surface area contributed by atoms with Crippen LogP contribution in [0.4, 0.5) is 0 Å². The largest absolute Gasteiger partial charge is 0.457 e. The molecule has 0 saturated carbocycles. The second-order valence-electron chi connectivity index (χ2n) is 11.0. The first-order valence-corrected chi connectivity index (χ1v) is 14.4. The summed E-state index contributed by atoms with van der Waals surface area (Å²) in [5.41, 5.74) is 1.90. The zero-order chi connectivity index (χ0) is 28.8. The Balaban J connectivity index is 1.30. The molecule has 10 heteroatoms. The van der Waals surface area contributed by atoms with Crippen LogP contribution in [-0.2, 0) is 36.9 Å². The van der Waals surface area contributed by atoms with Crippen LogP contribution >= 0.6 is 0 Å². The molecule has 0 aliphatic carbocycles. The number of nitrogens with one attached hydrogen (secondary N) is 1. The topological polar surface area (TPSA) is 108 Å². The number of likely N-dealkylation sites (tertiary alicyclic amines) is 2. The highest BCUT2D eigenvalue weighted by atomic mass is 16.5. The van der Waals surface area contributed by atoms with E-state index in [9.17, 15) is 19.2 Å². The van der Waals surface area contributed by atoms with Crippen molar-refractivity contribution in [3.8, 4) is 11.5 Å². The molecule has 4 bridgehead atoms. The summed E-state index contributed by atoms with van der Waals surface area (Å²) in [6.07, 6.45) is 2.66. The second kappa shape index (κ2) is 13.2. The molecule has 2 atom stereocenters. The van der Waals surface area contributed by atoms with E-state index in [1.165, 1.54) is 4.90 Å². The number of benzene rings is 2. The number of carbonyl (C=O) groups is 4. The zero-order valence-electron chi connectivity index (χ0n) is 23.5. The monoisotopic (exact) mass is 562 g/mol. The summed E-state index contributed by atoms with van der Waals surface area (Å²) in [7, 11) is 1.62. The molecule has 2 aromatic carbocycles. The van der Waals surface area contributed by atoms with Gasteiger partial charge in [-0.25, -0.2) is 0 Å². The lowest BCUT2D eigenvalue weighted by molar-refractivity contribution is -0.139. The van der Waals surface area contributed by atoms with Gasteiger partial charge >= 0.3 is 0 Å². The number of piperidine rings is 1. The van der Waals surface area contributed by atoms with Crippen LogP contribution in [0.1, 0.15) is 43.2 Å². The number of aryl methyl sites for hydroxylation is 1. The van der Waals surface area contributed by atoms with Crippen molar-refractivity contribution in [1.82, 2.24) is 20.0 Å². The maximum Gasteiger partial charge on any atom is 0.239 e. The summed E-state index contributed by atoms with van der Waals surface area (Å²) in [6.45, 7) is 2.15. The molecule has 10 nitrogen and oxygen atoms in total. The highest BCUT2D eigenvalue weighted by Crippen LogP contribution is 2.25. The van der Waals surface area contributed by atoms with Gasteiger partial charge in [-0.2, -0.15) is 0 Å². The van der Waals surface area contributed by atoms with E-state index in [2.05, 4.69) is 5.32 Å². The van der Waals surface area contributed by atoms with Gasteiger partial charge in [-0.15, -0.1) is 0 Å². The number of nitrogens with zero attached hydrogens (tertiary/aromatic N) is 3. The minimum atomic E-state index is -0.435. The van der Waals surface area contributed by atoms with Crippen molar-refractivity contribution in [3.05, 3.63) is 59.7 Å². The molecular formula is C31H38N4O6. The minimum absolute atomic E-state index is 0.0443. The maximum absolute atomic E-state index is 13.1. The van der Waals surface area contributed by atoms with Crippen molar-refractivity contribution < 1.29 is 28.7 Å². The van der Waals surface area contributed by atoms with Gasteiger partial charge in [0.25, 0.3) is 0 Å². The Labute approximate surface area is 240 Å². The van der Waals surface area contributed by atoms with Gasteiger partial charge in [0, 0.05) is 52.5 Å². The van der Waals surface area contributed by atoms with Crippen molar-refractivity contribution in [2.24, 2.45) is 0 Å². The fourth-order valence-corrected chi connectivity index (χ4v) is 5.63. The molecule has 0 radical (unpaired) electrons. The summed E-state index contributed by atoms with van der Waals surface area (Å²) in [4.78, 5) is 55.8. The first kappa shape index (κ1) is 28.6. The third kappa shape index (κ3) is 7.64. The number of hydrogen-bond acceptors (Lipinski definition) is 6. The molecule has 1 N–H and O–H groups in total. The summed E-state index contributed by atoms with van der Waals surface area (Å²) in [5, 5.41) is 3.03. The Hall–Kier alpha value is -3.92. The summed E-state index contributed by atoms with van der Waals surface area (Å²) >= 11 is 0. The van der Waals surface area contributed by atoms with E-state index in [0.29, 0.717) is 63.5 Å². The lowest BCUT2D eigenvalue weighted by Gasteiger charge is -2.39. The number of amides is 4. The average molecular weight is 563 g/mol. The molecule has 41 heavy (non-hydrogen) atoms. The van der Waals surface area contributed by atoms with E-state index in [1.54, 1.807) is 16.8 Å². The zero-order valence-corrected chi connectivity index (χ0v) is 23.5. The van der Waals surface area contributed by atoms with E-state index < -0.39 is 6.04 Å². The van der Waals surface area contributed by atoms with Crippen LogP contribution in [0.25, 0.3) is 0 Å². The van der Waals surface area contributed by atoms with Crippen LogP contribution in [0.5, 0.6) is 11.5 Å². The van der Waals surface area contributed by atoms with E-state index in [4.69, 9.17) is 9.47 Å². The van der Waals surface area contributed by atoms with Crippen LogP contribution in [0.2, 0.25) is 0 Å². The Morgan fingerprint density at radius 2 is 1.71 bits per heavy atom. The number of likely N-dealkylation sites (N-methyl/N-ethyl adjacent to an activating group) is 1. The molecule has 2 saturated heterocycles. The van der Waals surface area contributed by atoms with Crippen LogP contribution < -0.4 is 10.1 Å². The van der Waals surface area contributed by atoms with Crippen molar-refractivity contribution in [3.63, 3.8) is 0 Å². The molecule has 0 unspecified atom stereocenters. The molecular weight excluding hydrogens is 524 g/mol. The average Bonchev–Trinajstić information content (AvgIpc) is 3.38. The molecule has 218 valence electrons. The highest BCUT2D eigenvalue weighted by molar-refractivity contribution is 5.85. The Kier molecular flexibility index (Phi) is 9.18. The number of ether oxygens (including phenoxy) is 2. The molecule has 3 aliphatic rings. The molecule has 2 aromatic rings. The van der Waals surface area contributed by atoms with Gasteiger partial charge in [0.15, 0.2) is 0 Å². The van der Waals surface area contributed by atoms with Gasteiger partial charge < -0.3 is 29.5 Å². The van der Waals surface area contributed by atoms with Crippen molar-refractivity contribution in [1.29, 1.82) is 0 Å². The number of rotatable bonds is 3. The number of hydrogen-bond donors (Lipinski definition) is 1. The maximum atomic E-state index is 13.1. The van der Waals surface area contributed by atoms with Crippen molar-refractivity contribution in [2.75, 3.05) is 39.8 Å². The van der Waals surface area contributed by atoms with E-state index in [1.807, 2.05) is 48.5 Å². The van der Waals surface area contributed by atoms with Gasteiger partial charge in [-0.3, -0.25) is 19.2 Å². The standard InChI is InChI=1S/C31H38N4O6/c1-33-20-28(36)32-26-19-35(31(39)13-16-34-14-4-9-30(34)38)15-12-27(26)40-21-23-6-3-8-25(18-23)41-24-7-2-5-22(17-24)10-11-29(33)37/h2-3,5-8,17-18,26-27H,4,9-16,19-21H2,1H3,(H,32,36)/t26-,27+/m0/s1. The van der Waals surface area contributed by atoms with Crippen molar-refractivity contribution >= 4 is 23.6 Å². The minimum Gasteiger partial charge on any atom is -0.457 e. The van der Waals surface area contributed by atoms with Gasteiger partial charge in [-0.1, -0.05) is 24.3 Å².